The summed E-state index contributed by atoms with van der Waals surface area (Å²) in [5, 5.41) is 3.46. The van der Waals surface area contributed by atoms with E-state index in [0.717, 1.165) is 21.9 Å². The van der Waals surface area contributed by atoms with Crippen LogP contribution in [0.5, 0.6) is 0 Å². The van der Waals surface area contributed by atoms with Crippen LogP contribution in [0.1, 0.15) is 24.0 Å². The van der Waals surface area contributed by atoms with Crippen LogP contribution in [0.4, 0.5) is 4.39 Å². The minimum atomic E-state index is -0.133. The van der Waals surface area contributed by atoms with Gasteiger partial charge in [0.1, 0.15) is 5.82 Å². The Balaban J connectivity index is 1.82. The van der Waals surface area contributed by atoms with E-state index in [0.29, 0.717) is 6.04 Å². The molecule has 3 heteroatoms. The zero-order valence-electron chi connectivity index (χ0n) is 11.5. The Morgan fingerprint density at radius 2 is 2.00 bits per heavy atom. The fraction of sp³-hybridized carbons (Fsp3) is 0.294. The molecule has 1 fully saturated rings. The second kappa shape index (κ2) is 5.98. The van der Waals surface area contributed by atoms with E-state index in [4.69, 9.17) is 0 Å². The Hall–Kier alpha value is -1.32. The van der Waals surface area contributed by atoms with Crippen LogP contribution in [0.15, 0.2) is 52.3 Å². The van der Waals surface area contributed by atoms with Gasteiger partial charge in [-0.3, -0.25) is 0 Å². The Morgan fingerprint density at radius 1 is 1.20 bits per heavy atom. The molecule has 3 rings (SSSR count). The molecular formula is C17H18FNS. The first kappa shape index (κ1) is 13.7. The van der Waals surface area contributed by atoms with Crippen LogP contribution < -0.4 is 5.32 Å². The van der Waals surface area contributed by atoms with Gasteiger partial charge in [-0.05, 0) is 43.5 Å². The van der Waals surface area contributed by atoms with Gasteiger partial charge in [-0.15, -0.1) is 0 Å². The minimum absolute atomic E-state index is 0.133. The fourth-order valence-corrected chi connectivity index (χ4v) is 3.21. The van der Waals surface area contributed by atoms with Crippen molar-refractivity contribution in [1.82, 2.24) is 5.32 Å². The van der Waals surface area contributed by atoms with E-state index in [1.54, 1.807) is 12.1 Å². The largest absolute Gasteiger partial charge is 0.310 e. The first-order valence-corrected chi connectivity index (χ1v) is 7.79. The summed E-state index contributed by atoms with van der Waals surface area (Å²) in [4.78, 5) is 1.83. The summed E-state index contributed by atoms with van der Waals surface area (Å²) in [6, 6.07) is 14.2. The maximum atomic E-state index is 14.1. The summed E-state index contributed by atoms with van der Waals surface area (Å²) in [6.07, 6.45) is 2.49. The topological polar surface area (TPSA) is 12.0 Å². The minimum Gasteiger partial charge on any atom is -0.310 e. The van der Waals surface area contributed by atoms with Crippen molar-refractivity contribution in [3.8, 4) is 0 Å². The van der Waals surface area contributed by atoms with E-state index in [2.05, 4.69) is 24.4 Å². The van der Waals surface area contributed by atoms with Gasteiger partial charge >= 0.3 is 0 Å². The number of rotatable bonds is 5. The van der Waals surface area contributed by atoms with Crippen LogP contribution in [0.25, 0.3) is 0 Å². The second-order valence-electron chi connectivity index (χ2n) is 5.30. The van der Waals surface area contributed by atoms with Gasteiger partial charge in [0, 0.05) is 17.5 Å². The molecule has 0 bridgehead atoms. The standard InChI is InChI=1S/C17H18FNS/c1-12-4-2-6-15(10-12)20-17-13(5-3-7-16(17)18)11-19-14-8-9-14/h2-7,10,14,19H,8-9,11H2,1H3. The lowest BCUT2D eigenvalue weighted by atomic mass is 10.2. The third-order valence-corrected chi connectivity index (χ3v) is 4.57. The van der Waals surface area contributed by atoms with Gasteiger partial charge < -0.3 is 5.32 Å². The van der Waals surface area contributed by atoms with Crippen LogP contribution in [-0.4, -0.2) is 6.04 Å². The number of hydrogen-bond donors (Lipinski definition) is 1. The molecule has 0 saturated heterocycles. The Labute approximate surface area is 123 Å². The van der Waals surface area contributed by atoms with Crippen molar-refractivity contribution < 1.29 is 4.39 Å². The lowest BCUT2D eigenvalue weighted by Crippen LogP contribution is -2.16. The first-order valence-electron chi connectivity index (χ1n) is 6.97. The molecule has 2 aromatic rings. The van der Waals surface area contributed by atoms with E-state index in [1.807, 2.05) is 18.2 Å². The molecule has 0 spiro atoms. The zero-order chi connectivity index (χ0) is 13.9. The molecular weight excluding hydrogens is 269 g/mol. The third-order valence-electron chi connectivity index (χ3n) is 3.42. The summed E-state index contributed by atoms with van der Waals surface area (Å²) in [6.45, 7) is 2.80. The highest BCUT2D eigenvalue weighted by atomic mass is 32.2. The number of aryl methyl sites for hydroxylation is 1. The number of halogens is 1. The maximum Gasteiger partial charge on any atom is 0.137 e. The van der Waals surface area contributed by atoms with Crippen molar-refractivity contribution in [1.29, 1.82) is 0 Å². The molecule has 0 aliphatic heterocycles. The quantitative estimate of drug-likeness (QED) is 0.866. The Bertz CT molecular complexity index is 608. The maximum absolute atomic E-state index is 14.1. The lowest BCUT2D eigenvalue weighted by Gasteiger charge is -2.11. The number of nitrogens with one attached hydrogen (secondary N) is 1. The zero-order valence-corrected chi connectivity index (χ0v) is 12.3. The summed E-state index contributed by atoms with van der Waals surface area (Å²) in [5.41, 5.74) is 2.24. The SMILES string of the molecule is Cc1cccc(Sc2c(F)cccc2CNC2CC2)c1. The van der Waals surface area contributed by atoms with Crippen LogP contribution in [-0.2, 0) is 6.54 Å². The van der Waals surface area contributed by atoms with Crippen molar-refractivity contribution in [3.63, 3.8) is 0 Å². The molecule has 1 aliphatic rings. The van der Waals surface area contributed by atoms with Crippen LogP contribution in [0.2, 0.25) is 0 Å². The predicted molar refractivity (Wildman–Crippen MR) is 81.6 cm³/mol. The molecule has 0 heterocycles. The predicted octanol–water partition coefficient (Wildman–Crippen LogP) is 4.54. The molecule has 1 aliphatic carbocycles. The molecule has 0 radical (unpaired) electrons. The highest BCUT2D eigenvalue weighted by Crippen LogP contribution is 2.33. The fourth-order valence-electron chi connectivity index (χ4n) is 2.15. The lowest BCUT2D eigenvalue weighted by molar-refractivity contribution is 0.589. The molecule has 0 aromatic heterocycles. The van der Waals surface area contributed by atoms with Crippen LogP contribution in [0.3, 0.4) is 0 Å². The molecule has 20 heavy (non-hydrogen) atoms. The van der Waals surface area contributed by atoms with Crippen molar-refractivity contribution in [2.24, 2.45) is 0 Å². The van der Waals surface area contributed by atoms with Gasteiger partial charge in [-0.25, -0.2) is 4.39 Å². The van der Waals surface area contributed by atoms with Gasteiger partial charge in [0.05, 0.1) is 4.90 Å². The van der Waals surface area contributed by atoms with E-state index >= 15 is 0 Å². The Morgan fingerprint density at radius 3 is 2.75 bits per heavy atom. The summed E-state index contributed by atoms with van der Waals surface area (Å²) in [5.74, 6) is -0.133. The molecule has 2 aromatic carbocycles. The van der Waals surface area contributed by atoms with Gasteiger partial charge in [-0.1, -0.05) is 41.6 Å². The van der Waals surface area contributed by atoms with Gasteiger partial charge in [0.15, 0.2) is 0 Å². The van der Waals surface area contributed by atoms with E-state index in [1.165, 1.54) is 30.2 Å². The molecule has 1 N–H and O–H groups in total. The van der Waals surface area contributed by atoms with Gasteiger partial charge in [0.2, 0.25) is 0 Å². The normalized spacial score (nSPS) is 14.5. The molecule has 1 nitrogen and oxygen atoms in total. The third kappa shape index (κ3) is 3.41. The van der Waals surface area contributed by atoms with Gasteiger partial charge in [-0.2, -0.15) is 0 Å². The van der Waals surface area contributed by atoms with Crippen molar-refractivity contribution >= 4 is 11.8 Å². The highest BCUT2D eigenvalue weighted by molar-refractivity contribution is 7.99. The van der Waals surface area contributed by atoms with Crippen molar-refractivity contribution in [2.75, 3.05) is 0 Å². The Kier molecular flexibility index (Phi) is 4.08. The van der Waals surface area contributed by atoms with Gasteiger partial charge in [0.25, 0.3) is 0 Å². The molecule has 0 unspecified atom stereocenters. The summed E-state index contributed by atoms with van der Waals surface area (Å²) >= 11 is 1.51. The average Bonchev–Trinajstić information content (AvgIpc) is 3.24. The average molecular weight is 287 g/mol. The summed E-state index contributed by atoms with van der Waals surface area (Å²) < 4.78 is 14.1. The first-order chi connectivity index (χ1) is 9.72. The molecule has 0 amide bonds. The van der Waals surface area contributed by atoms with E-state index < -0.39 is 0 Å². The second-order valence-corrected chi connectivity index (χ2v) is 6.39. The highest BCUT2D eigenvalue weighted by Gasteiger charge is 2.21. The van der Waals surface area contributed by atoms with E-state index in [-0.39, 0.29) is 5.82 Å². The number of benzene rings is 2. The molecule has 0 atom stereocenters. The monoisotopic (exact) mass is 287 g/mol. The molecule has 1 saturated carbocycles. The van der Waals surface area contributed by atoms with Crippen LogP contribution in [0, 0.1) is 12.7 Å². The van der Waals surface area contributed by atoms with E-state index in [9.17, 15) is 4.39 Å². The van der Waals surface area contributed by atoms with Crippen LogP contribution >= 0.6 is 11.8 Å². The summed E-state index contributed by atoms with van der Waals surface area (Å²) in [7, 11) is 0. The smallest absolute Gasteiger partial charge is 0.137 e. The molecule has 104 valence electrons. The van der Waals surface area contributed by atoms with Crippen molar-refractivity contribution in [2.45, 2.75) is 42.1 Å². The van der Waals surface area contributed by atoms with Crippen molar-refractivity contribution in [3.05, 3.63) is 59.4 Å². The number of hydrogen-bond acceptors (Lipinski definition) is 2.